The minimum absolute atomic E-state index is 0.0379. The second-order valence-corrected chi connectivity index (χ2v) is 5.65. The average Bonchev–Trinajstić information content (AvgIpc) is 2.25. The van der Waals surface area contributed by atoms with E-state index < -0.39 is 21.8 Å². The molecule has 3 N–H and O–H groups in total. The highest BCUT2D eigenvalue weighted by Crippen LogP contribution is 2.09. The number of carbonyl (C=O) groups is 2. The van der Waals surface area contributed by atoms with Gasteiger partial charge in [-0.3, -0.25) is 10.1 Å². The number of nitrogens with two attached hydrogens (primary N) is 1. The van der Waals surface area contributed by atoms with Gasteiger partial charge in [0.1, 0.15) is 0 Å². The van der Waals surface area contributed by atoms with Gasteiger partial charge in [-0.25, -0.2) is 18.2 Å². The minimum Gasteiger partial charge on any atom is -0.351 e. The lowest BCUT2D eigenvalue weighted by atomic mass is 10.1. The van der Waals surface area contributed by atoms with Crippen LogP contribution in [0.2, 0.25) is 0 Å². The Morgan fingerprint density at radius 3 is 2.67 bits per heavy atom. The van der Waals surface area contributed by atoms with Crippen LogP contribution in [0, 0.1) is 0 Å². The van der Waals surface area contributed by atoms with Crippen LogP contribution in [0.4, 0.5) is 4.79 Å². The van der Waals surface area contributed by atoms with Crippen LogP contribution in [0.25, 0.3) is 0 Å². The molecule has 98 valence electrons. The van der Waals surface area contributed by atoms with E-state index in [0.29, 0.717) is 12.0 Å². The maximum atomic E-state index is 11.3. The van der Waals surface area contributed by atoms with Gasteiger partial charge in [0, 0.05) is 18.9 Å². The summed E-state index contributed by atoms with van der Waals surface area (Å²) in [6, 6.07) is 2.09. The van der Waals surface area contributed by atoms with E-state index in [2.05, 4.69) is 4.98 Å². The number of amides is 3. The van der Waals surface area contributed by atoms with Crippen LogP contribution in [0.5, 0.6) is 0 Å². The third kappa shape index (κ3) is 4.50. The highest BCUT2D eigenvalue weighted by molar-refractivity contribution is 7.90. The fourth-order valence-corrected chi connectivity index (χ4v) is 1.88. The van der Waals surface area contributed by atoms with Gasteiger partial charge in [0.15, 0.2) is 14.9 Å². The third-order valence-electron chi connectivity index (χ3n) is 2.08. The zero-order chi connectivity index (χ0) is 13.8. The van der Waals surface area contributed by atoms with Gasteiger partial charge in [-0.15, -0.1) is 0 Å². The van der Waals surface area contributed by atoms with Gasteiger partial charge < -0.3 is 5.73 Å². The molecule has 0 saturated heterocycles. The first-order chi connectivity index (χ1) is 8.29. The number of aryl methyl sites for hydroxylation is 1. The Morgan fingerprint density at radius 2 is 2.11 bits per heavy atom. The molecule has 1 rings (SSSR count). The highest BCUT2D eigenvalue weighted by Gasteiger charge is 2.10. The Balaban J connectivity index is 2.69. The first-order valence-electron chi connectivity index (χ1n) is 5.03. The number of nitrogens with one attached hydrogen (secondary N) is 1. The van der Waals surface area contributed by atoms with Crippen molar-refractivity contribution in [1.82, 2.24) is 10.3 Å². The van der Waals surface area contributed by atoms with Crippen molar-refractivity contribution in [1.29, 1.82) is 0 Å². The summed E-state index contributed by atoms with van der Waals surface area (Å²) in [7, 11) is -3.37. The first-order valence-corrected chi connectivity index (χ1v) is 6.92. The van der Waals surface area contributed by atoms with Crippen molar-refractivity contribution >= 4 is 21.8 Å². The molecule has 8 heteroatoms. The molecule has 0 aromatic carbocycles. The fraction of sp³-hybridized carbons (Fsp3) is 0.300. The number of aromatic nitrogens is 1. The topological polar surface area (TPSA) is 119 Å². The maximum Gasteiger partial charge on any atom is 0.318 e. The summed E-state index contributed by atoms with van der Waals surface area (Å²) >= 11 is 0. The van der Waals surface area contributed by atoms with Gasteiger partial charge >= 0.3 is 6.03 Å². The monoisotopic (exact) mass is 271 g/mol. The number of imide groups is 1. The van der Waals surface area contributed by atoms with Crippen LogP contribution in [0.15, 0.2) is 23.4 Å². The van der Waals surface area contributed by atoms with Crippen molar-refractivity contribution in [2.45, 2.75) is 17.9 Å². The molecule has 0 unspecified atom stereocenters. The van der Waals surface area contributed by atoms with E-state index in [1.165, 1.54) is 12.3 Å². The highest BCUT2D eigenvalue weighted by atomic mass is 32.2. The average molecular weight is 271 g/mol. The first kappa shape index (κ1) is 14.1. The molecule has 7 nitrogen and oxygen atoms in total. The van der Waals surface area contributed by atoms with Crippen LogP contribution in [-0.4, -0.2) is 31.6 Å². The number of nitrogens with zero attached hydrogens (tertiary/aromatic N) is 1. The Kier molecular flexibility index (Phi) is 4.38. The summed E-state index contributed by atoms with van der Waals surface area (Å²) in [6.07, 6.45) is 2.75. The van der Waals surface area contributed by atoms with E-state index in [1.807, 2.05) is 5.32 Å². The number of carbonyl (C=O) groups excluding carboxylic acids is 2. The number of sulfone groups is 1. The number of rotatable bonds is 4. The van der Waals surface area contributed by atoms with E-state index in [-0.39, 0.29) is 11.4 Å². The molecule has 18 heavy (non-hydrogen) atoms. The van der Waals surface area contributed by atoms with E-state index in [0.717, 1.165) is 6.26 Å². The van der Waals surface area contributed by atoms with Gasteiger partial charge in [-0.2, -0.15) is 0 Å². The van der Waals surface area contributed by atoms with Crippen molar-refractivity contribution < 1.29 is 18.0 Å². The molecule has 1 aromatic heterocycles. The van der Waals surface area contributed by atoms with Crippen molar-refractivity contribution in [3.05, 3.63) is 23.9 Å². The SMILES string of the molecule is CS(=O)(=O)c1cc(CCC(=O)NC(N)=O)ccn1. The summed E-state index contributed by atoms with van der Waals surface area (Å²) in [6.45, 7) is 0. The van der Waals surface area contributed by atoms with Crippen LogP contribution in [-0.2, 0) is 21.1 Å². The Labute approximate surface area is 104 Å². The van der Waals surface area contributed by atoms with Crippen LogP contribution >= 0.6 is 0 Å². The van der Waals surface area contributed by atoms with Gasteiger partial charge in [0.05, 0.1) is 0 Å². The fourth-order valence-electron chi connectivity index (χ4n) is 1.27. The molecule has 0 atom stereocenters. The molecule has 0 saturated carbocycles. The molecule has 0 fully saturated rings. The number of urea groups is 1. The van der Waals surface area contributed by atoms with Crippen molar-refractivity contribution in [2.24, 2.45) is 5.73 Å². The summed E-state index contributed by atoms with van der Waals surface area (Å²) in [5, 5.41) is 1.88. The summed E-state index contributed by atoms with van der Waals surface area (Å²) < 4.78 is 22.5. The molecule has 0 spiro atoms. The van der Waals surface area contributed by atoms with E-state index >= 15 is 0 Å². The van der Waals surface area contributed by atoms with E-state index in [1.54, 1.807) is 6.07 Å². The summed E-state index contributed by atoms with van der Waals surface area (Å²) in [5.74, 6) is -0.514. The number of pyridine rings is 1. The Bertz CT molecular complexity index is 568. The smallest absolute Gasteiger partial charge is 0.318 e. The number of hydrogen-bond donors (Lipinski definition) is 2. The summed E-state index contributed by atoms with van der Waals surface area (Å²) in [4.78, 5) is 25.3. The predicted octanol–water partition coefficient (Wildman–Crippen LogP) is -0.387. The quantitative estimate of drug-likeness (QED) is 0.773. The molecular formula is C10H13N3O4S. The minimum atomic E-state index is -3.37. The van der Waals surface area contributed by atoms with Crippen molar-refractivity contribution in [3.8, 4) is 0 Å². The normalized spacial score (nSPS) is 10.9. The Hall–Kier alpha value is -1.96. The molecule has 3 amide bonds. The molecular weight excluding hydrogens is 258 g/mol. The zero-order valence-electron chi connectivity index (χ0n) is 9.71. The zero-order valence-corrected chi connectivity index (χ0v) is 10.5. The lowest BCUT2D eigenvalue weighted by Crippen LogP contribution is -2.35. The lowest BCUT2D eigenvalue weighted by Gasteiger charge is -2.03. The lowest BCUT2D eigenvalue weighted by molar-refractivity contribution is -0.119. The third-order valence-corrected chi connectivity index (χ3v) is 3.07. The molecule has 0 aliphatic carbocycles. The molecule has 0 aliphatic rings. The molecule has 0 aliphatic heterocycles. The van der Waals surface area contributed by atoms with E-state index in [4.69, 9.17) is 5.73 Å². The van der Waals surface area contributed by atoms with Gasteiger partial charge in [-0.1, -0.05) is 0 Å². The van der Waals surface area contributed by atoms with Crippen molar-refractivity contribution in [3.63, 3.8) is 0 Å². The maximum absolute atomic E-state index is 11.3. The van der Waals surface area contributed by atoms with Crippen LogP contribution in [0.3, 0.4) is 0 Å². The second-order valence-electron chi connectivity index (χ2n) is 3.69. The van der Waals surface area contributed by atoms with Crippen molar-refractivity contribution in [2.75, 3.05) is 6.26 Å². The molecule has 1 aromatic rings. The predicted molar refractivity (Wildman–Crippen MR) is 63.4 cm³/mol. The number of primary amides is 1. The molecule has 0 radical (unpaired) electrons. The standard InChI is InChI=1S/C10H13N3O4S/c1-18(16,17)9-6-7(4-5-12-9)2-3-8(14)13-10(11)15/h4-6H,2-3H2,1H3,(H3,11,13,14,15). The van der Waals surface area contributed by atoms with Gasteiger partial charge in [0.2, 0.25) is 5.91 Å². The largest absolute Gasteiger partial charge is 0.351 e. The van der Waals surface area contributed by atoms with Crippen LogP contribution in [0.1, 0.15) is 12.0 Å². The van der Waals surface area contributed by atoms with E-state index in [9.17, 15) is 18.0 Å². The van der Waals surface area contributed by atoms with Crippen LogP contribution < -0.4 is 11.1 Å². The van der Waals surface area contributed by atoms with Gasteiger partial charge in [-0.05, 0) is 24.1 Å². The Morgan fingerprint density at radius 1 is 1.44 bits per heavy atom. The summed E-state index contributed by atoms with van der Waals surface area (Å²) in [5.41, 5.74) is 5.43. The molecule has 1 heterocycles. The van der Waals surface area contributed by atoms with Gasteiger partial charge in [0.25, 0.3) is 0 Å². The second kappa shape index (κ2) is 5.58. The molecule has 0 bridgehead atoms. The number of hydrogen-bond acceptors (Lipinski definition) is 5.